The molecule has 21 heavy (non-hydrogen) atoms. The first-order chi connectivity index (χ1) is 10.3. The number of hydrogen-bond acceptors (Lipinski definition) is 4. The van der Waals surface area contributed by atoms with Crippen molar-refractivity contribution >= 4 is 0 Å². The van der Waals surface area contributed by atoms with E-state index >= 15 is 0 Å². The third kappa shape index (κ3) is 5.25. The fraction of sp³-hybridized carbons (Fsp3) is 0.412. The van der Waals surface area contributed by atoms with Crippen molar-refractivity contribution in [3.05, 3.63) is 59.7 Å². The van der Waals surface area contributed by atoms with Crippen LogP contribution < -0.4 is 5.73 Å². The van der Waals surface area contributed by atoms with E-state index in [4.69, 9.17) is 5.73 Å². The molecule has 0 aliphatic carbocycles. The van der Waals surface area contributed by atoms with E-state index in [0.29, 0.717) is 0 Å². The molecule has 0 saturated heterocycles. The number of hydrogen-bond donors (Lipinski definition) is 1. The second kappa shape index (κ2) is 8.49. The predicted octanol–water partition coefficient (Wildman–Crippen LogP) is 2.53. The molecule has 0 radical (unpaired) electrons. The summed E-state index contributed by atoms with van der Waals surface area (Å²) in [6.07, 6.45) is 5.87. The van der Waals surface area contributed by atoms with Crippen LogP contribution in [0.4, 0.5) is 0 Å². The fourth-order valence-electron chi connectivity index (χ4n) is 2.31. The minimum absolute atomic E-state index is 0.750. The van der Waals surface area contributed by atoms with Gasteiger partial charge in [-0.05, 0) is 56.6 Å². The molecule has 0 spiro atoms. The minimum atomic E-state index is 0.750. The van der Waals surface area contributed by atoms with Crippen molar-refractivity contribution in [2.45, 2.75) is 32.9 Å². The molecule has 2 aromatic heterocycles. The van der Waals surface area contributed by atoms with Gasteiger partial charge in [0.15, 0.2) is 0 Å². The van der Waals surface area contributed by atoms with Crippen molar-refractivity contribution in [2.24, 2.45) is 5.73 Å². The molecule has 2 N–H and O–H groups in total. The molecule has 0 unspecified atom stereocenters. The Hall–Kier alpha value is -1.78. The maximum Gasteiger partial charge on any atom is 0.0573 e. The van der Waals surface area contributed by atoms with E-state index in [0.717, 1.165) is 50.4 Å². The standard InChI is InChI=1S/C17H24N4/c1-15-7-6-11-20-17(15)14-21(12-5-3-9-18)13-16-8-2-4-10-19-16/h2,4,6-8,10-11H,3,5,9,12-14,18H2,1H3. The van der Waals surface area contributed by atoms with Crippen LogP contribution in [0.2, 0.25) is 0 Å². The largest absolute Gasteiger partial charge is 0.330 e. The average Bonchev–Trinajstić information content (AvgIpc) is 2.51. The van der Waals surface area contributed by atoms with Crippen LogP contribution >= 0.6 is 0 Å². The fourth-order valence-corrected chi connectivity index (χ4v) is 2.31. The van der Waals surface area contributed by atoms with E-state index in [1.165, 1.54) is 5.56 Å². The zero-order chi connectivity index (χ0) is 14.9. The maximum atomic E-state index is 5.60. The van der Waals surface area contributed by atoms with Crippen LogP contribution in [0.1, 0.15) is 29.8 Å². The molecule has 0 aliphatic rings. The quantitative estimate of drug-likeness (QED) is 0.757. The summed E-state index contributed by atoms with van der Waals surface area (Å²) in [5, 5.41) is 0. The van der Waals surface area contributed by atoms with Gasteiger partial charge in [0.05, 0.1) is 11.4 Å². The molecule has 0 saturated carbocycles. The van der Waals surface area contributed by atoms with Crippen LogP contribution in [-0.4, -0.2) is 28.0 Å². The Morgan fingerprint density at radius 3 is 2.57 bits per heavy atom. The van der Waals surface area contributed by atoms with Crippen molar-refractivity contribution in [1.29, 1.82) is 0 Å². The lowest BCUT2D eigenvalue weighted by Gasteiger charge is -2.22. The van der Waals surface area contributed by atoms with Crippen LogP contribution in [0.5, 0.6) is 0 Å². The van der Waals surface area contributed by atoms with Gasteiger partial charge in [-0.1, -0.05) is 12.1 Å². The van der Waals surface area contributed by atoms with E-state index in [-0.39, 0.29) is 0 Å². The molecule has 0 atom stereocenters. The van der Waals surface area contributed by atoms with E-state index in [1.807, 2.05) is 30.6 Å². The van der Waals surface area contributed by atoms with Gasteiger partial charge in [0.2, 0.25) is 0 Å². The Morgan fingerprint density at radius 1 is 1.00 bits per heavy atom. The molecule has 0 amide bonds. The van der Waals surface area contributed by atoms with Gasteiger partial charge in [-0.2, -0.15) is 0 Å². The highest BCUT2D eigenvalue weighted by molar-refractivity contribution is 5.17. The summed E-state index contributed by atoms with van der Waals surface area (Å²) in [5.41, 5.74) is 9.08. The Labute approximate surface area is 127 Å². The Morgan fingerprint density at radius 2 is 1.86 bits per heavy atom. The van der Waals surface area contributed by atoms with Crippen LogP contribution in [0.15, 0.2) is 42.7 Å². The van der Waals surface area contributed by atoms with Crippen molar-refractivity contribution in [1.82, 2.24) is 14.9 Å². The van der Waals surface area contributed by atoms with Crippen LogP contribution in [0.3, 0.4) is 0 Å². The smallest absolute Gasteiger partial charge is 0.0573 e. The Kier molecular flexibility index (Phi) is 6.31. The Balaban J connectivity index is 2.03. The first kappa shape index (κ1) is 15.6. The van der Waals surface area contributed by atoms with Crippen LogP contribution in [-0.2, 0) is 13.1 Å². The van der Waals surface area contributed by atoms with Crippen LogP contribution in [0.25, 0.3) is 0 Å². The summed E-state index contributed by atoms with van der Waals surface area (Å²) in [4.78, 5) is 11.3. The summed E-state index contributed by atoms with van der Waals surface area (Å²) in [5.74, 6) is 0. The number of aromatic nitrogens is 2. The van der Waals surface area contributed by atoms with Gasteiger partial charge in [0, 0.05) is 25.5 Å². The van der Waals surface area contributed by atoms with Gasteiger partial charge < -0.3 is 5.73 Å². The molecule has 0 aliphatic heterocycles. The molecule has 112 valence electrons. The third-order valence-electron chi connectivity index (χ3n) is 3.53. The number of pyridine rings is 2. The number of unbranched alkanes of at least 4 members (excludes halogenated alkanes) is 1. The van der Waals surface area contributed by atoms with E-state index < -0.39 is 0 Å². The second-order valence-corrected chi connectivity index (χ2v) is 5.29. The van der Waals surface area contributed by atoms with Crippen molar-refractivity contribution in [3.63, 3.8) is 0 Å². The van der Waals surface area contributed by atoms with Crippen LogP contribution in [0, 0.1) is 6.92 Å². The van der Waals surface area contributed by atoms with Gasteiger partial charge in [-0.25, -0.2) is 0 Å². The third-order valence-corrected chi connectivity index (χ3v) is 3.53. The van der Waals surface area contributed by atoms with Crippen molar-refractivity contribution < 1.29 is 0 Å². The number of rotatable bonds is 8. The zero-order valence-corrected chi connectivity index (χ0v) is 12.7. The molecular formula is C17H24N4. The lowest BCUT2D eigenvalue weighted by molar-refractivity contribution is 0.245. The molecule has 4 nitrogen and oxygen atoms in total. The molecular weight excluding hydrogens is 260 g/mol. The molecule has 4 heteroatoms. The first-order valence-electron chi connectivity index (χ1n) is 7.52. The predicted molar refractivity (Wildman–Crippen MR) is 85.6 cm³/mol. The van der Waals surface area contributed by atoms with Gasteiger partial charge >= 0.3 is 0 Å². The lowest BCUT2D eigenvalue weighted by atomic mass is 10.2. The van der Waals surface area contributed by atoms with E-state index in [1.54, 1.807) is 0 Å². The van der Waals surface area contributed by atoms with Gasteiger partial charge in [-0.3, -0.25) is 14.9 Å². The molecule has 0 aromatic carbocycles. The summed E-state index contributed by atoms with van der Waals surface area (Å²) < 4.78 is 0. The minimum Gasteiger partial charge on any atom is -0.330 e. The maximum absolute atomic E-state index is 5.60. The van der Waals surface area contributed by atoms with Gasteiger partial charge in [-0.15, -0.1) is 0 Å². The number of nitrogens with two attached hydrogens (primary N) is 1. The highest BCUT2D eigenvalue weighted by atomic mass is 15.1. The van der Waals surface area contributed by atoms with Crippen molar-refractivity contribution in [2.75, 3.05) is 13.1 Å². The highest BCUT2D eigenvalue weighted by Crippen LogP contribution is 2.11. The number of nitrogens with zero attached hydrogens (tertiary/aromatic N) is 3. The summed E-state index contributed by atoms with van der Waals surface area (Å²) >= 11 is 0. The number of aryl methyl sites for hydroxylation is 1. The second-order valence-electron chi connectivity index (χ2n) is 5.29. The Bertz CT molecular complexity index is 527. The van der Waals surface area contributed by atoms with E-state index in [2.05, 4.69) is 33.9 Å². The molecule has 2 aromatic rings. The van der Waals surface area contributed by atoms with Crippen molar-refractivity contribution in [3.8, 4) is 0 Å². The first-order valence-corrected chi connectivity index (χ1v) is 7.52. The average molecular weight is 284 g/mol. The summed E-state index contributed by atoms with van der Waals surface area (Å²) in [6, 6.07) is 10.1. The topological polar surface area (TPSA) is 55.0 Å². The molecule has 0 bridgehead atoms. The molecule has 2 rings (SSSR count). The van der Waals surface area contributed by atoms with Gasteiger partial charge in [0.1, 0.15) is 0 Å². The zero-order valence-electron chi connectivity index (χ0n) is 12.7. The monoisotopic (exact) mass is 284 g/mol. The molecule has 2 heterocycles. The summed E-state index contributed by atoms with van der Waals surface area (Å²) in [7, 11) is 0. The van der Waals surface area contributed by atoms with Gasteiger partial charge in [0.25, 0.3) is 0 Å². The lowest BCUT2D eigenvalue weighted by Crippen LogP contribution is -2.26. The highest BCUT2D eigenvalue weighted by Gasteiger charge is 2.10. The summed E-state index contributed by atoms with van der Waals surface area (Å²) in [6.45, 7) is 5.58. The normalized spacial score (nSPS) is 11.0. The SMILES string of the molecule is Cc1cccnc1CN(CCCCN)Cc1ccccn1. The van der Waals surface area contributed by atoms with E-state index in [9.17, 15) is 0 Å². The molecule has 0 fully saturated rings.